The number of fused-ring (bicyclic) bond motifs is 3. The van der Waals surface area contributed by atoms with Crippen molar-refractivity contribution in [3.05, 3.63) is 77.4 Å². The van der Waals surface area contributed by atoms with Gasteiger partial charge in [0.1, 0.15) is 10.6 Å². The third kappa shape index (κ3) is 4.38. The lowest BCUT2D eigenvalue weighted by Gasteiger charge is -2.09. The van der Waals surface area contributed by atoms with Crippen LogP contribution in [-0.2, 0) is 14.9 Å². The molecule has 4 aromatic rings. The summed E-state index contributed by atoms with van der Waals surface area (Å²) in [4.78, 5) is 15.2. The van der Waals surface area contributed by atoms with E-state index in [0.717, 1.165) is 27.5 Å². The minimum Gasteiger partial charge on any atom is -0.423 e. The Morgan fingerprint density at radius 2 is 1.62 bits per heavy atom. The van der Waals surface area contributed by atoms with Crippen molar-refractivity contribution < 1.29 is 22.1 Å². The average Bonchev–Trinajstić information content (AvgIpc) is 3.05. The quantitative estimate of drug-likeness (QED) is 0.186. The van der Waals surface area contributed by atoms with Gasteiger partial charge >= 0.3 is 16.1 Å². The Hall–Kier alpha value is -3.58. The van der Waals surface area contributed by atoms with Crippen LogP contribution in [0.15, 0.2) is 71.1 Å². The molecule has 0 atom stereocenters. The Morgan fingerprint density at radius 3 is 2.31 bits per heavy atom. The number of aromatic nitrogens is 1. The summed E-state index contributed by atoms with van der Waals surface area (Å²) in [5, 5.41) is 1.68. The summed E-state index contributed by atoms with van der Waals surface area (Å²) in [6.07, 6.45) is 1.42. The summed E-state index contributed by atoms with van der Waals surface area (Å²) >= 11 is 0. The number of ether oxygens (including phenoxy) is 1. The van der Waals surface area contributed by atoms with Crippen LogP contribution in [0.4, 0.5) is 0 Å². The lowest BCUT2D eigenvalue weighted by atomic mass is 10.1. The molecule has 0 bridgehead atoms. The van der Waals surface area contributed by atoms with Crippen LogP contribution in [0.2, 0.25) is 0 Å². The number of aryl methyl sites for hydroxylation is 2. The molecule has 0 fully saturated rings. The van der Waals surface area contributed by atoms with Gasteiger partial charge in [-0.1, -0.05) is 23.3 Å². The van der Waals surface area contributed by atoms with E-state index in [1.807, 2.05) is 39.8 Å². The Labute approximate surface area is 186 Å². The second-order valence-electron chi connectivity index (χ2n) is 8.01. The maximum absolute atomic E-state index is 12.8. The van der Waals surface area contributed by atoms with Crippen LogP contribution < -0.4 is 8.92 Å². The highest BCUT2D eigenvalue weighted by atomic mass is 32.2. The molecule has 0 radical (unpaired) electrons. The van der Waals surface area contributed by atoms with Crippen molar-refractivity contribution in [2.24, 2.45) is 0 Å². The van der Waals surface area contributed by atoms with Gasteiger partial charge < -0.3 is 13.9 Å². The number of allylic oxidation sites excluding steroid dienone is 1. The Bertz CT molecular complexity index is 1470. The monoisotopic (exact) mass is 449 g/mol. The summed E-state index contributed by atoms with van der Waals surface area (Å²) in [7, 11) is -4.01. The van der Waals surface area contributed by atoms with E-state index in [0.29, 0.717) is 16.8 Å². The highest BCUT2D eigenvalue weighted by Gasteiger charge is 2.20. The van der Waals surface area contributed by atoms with E-state index in [-0.39, 0.29) is 10.6 Å². The van der Waals surface area contributed by atoms with E-state index in [9.17, 15) is 13.2 Å². The molecule has 7 heteroatoms. The fourth-order valence-electron chi connectivity index (χ4n) is 3.47. The zero-order valence-corrected chi connectivity index (χ0v) is 19.0. The number of hydrogen-bond acceptors (Lipinski definition) is 5. The molecule has 0 saturated heterocycles. The van der Waals surface area contributed by atoms with E-state index in [4.69, 9.17) is 8.92 Å². The first-order chi connectivity index (χ1) is 15.1. The highest BCUT2D eigenvalue weighted by Crippen LogP contribution is 2.36. The van der Waals surface area contributed by atoms with E-state index in [1.54, 1.807) is 30.3 Å². The maximum atomic E-state index is 12.8. The molecule has 0 saturated carbocycles. The zero-order valence-electron chi connectivity index (χ0n) is 18.2. The van der Waals surface area contributed by atoms with Crippen molar-refractivity contribution in [2.45, 2.75) is 32.6 Å². The molecule has 0 aliphatic heterocycles. The van der Waals surface area contributed by atoms with E-state index < -0.39 is 16.1 Å². The second-order valence-corrected chi connectivity index (χ2v) is 9.56. The Kier molecular flexibility index (Phi) is 5.52. The fraction of sp³-hybridized carbons (Fsp3) is 0.160. The Morgan fingerprint density at radius 1 is 0.906 bits per heavy atom. The molecule has 1 aromatic heterocycles. The van der Waals surface area contributed by atoms with E-state index >= 15 is 0 Å². The maximum Gasteiger partial charge on any atom is 0.339 e. The third-order valence-corrected chi connectivity index (χ3v) is 6.17. The van der Waals surface area contributed by atoms with Gasteiger partial charge in [0.15, 0.2) is 5.75 Å². The minimum atomic E-state index is -4.01. The molecule has 0 amide bonds. The predicted octanol–water partition coefficient (Wildman–Crippen LogP) is 5.58. The van der Waals surface area contributed by atoms with Gasteiger partial charge in [0.25, 0.3) is 0 Å². The number of carbonyl (C=O) groups excluding carboxylic acids is 1. The molecule has 32 heavy (non-hydrogen) atoms. The number of nitrogens with one attached hydrogen (secondary N) is 1. The first-order valence-electron chi connectivity index (χ1n) is 10.1. The van der Waals surface area contributed by atoms with Gasteiger partial charge in [-0.25, -0.2) is 4.79 Å². The van der Waals surface area contributed by atoms with Crippen LogP contribution >= 0.6 is 0 Å². The van der Waals surface area contributed by atoms with Gasteiger partial charge in [0, 0.05) is 22.9 Å². The SMILES string of the molecule is CC(C)=CC(=O)Oc1ccc2c(c1)[nH]c1c(OS(=O)(=O)c3ccc(C)cc3)cc(C)cc12. The topological polar surface area (TPSA) is 85.5 Å². The lowest BCUT2D eigenvalue weighted by molar-refractivity contribution is -0.129. The zero-order chi connectivity index (χ0) is 23.0. The highest BCUT2D eigenvalue weighted by molar-refractivity contribution is 7.87. The van der Waals surface area contributed by atoms with E-state index in [2.05, 4.69) is 4.98 Å². The molecule has 1 heterocycles. The minimum absolute atomic E-state index is 0.0855. The summed E-state index contributed by atoms with van der Waals surface area (Å²) < 4.78 is 36.6. The van der Waals surface area contributed by atoms with Gasteiger partial charge in [-0.15, -0.1) is 0 Å². The fourth-order valence-corrected chi connectivity index (χ4v) is 4.41. The second kappa shape index (κ2) is 8.16. The van der Waals surface area contributed by atoms with Crippen molar-refractivity contribution >= 4 is 37.9 Å². The van der Waals surface area contributed by atoms with Crippen molar-refractivity contribution in [3.63, 3.8) is 0 Å². The molecule has 0 aliphatic carbocycles. The van der Waals surface area contributed by atoms with Crippen LogP contribution in [0, 0.1) is 13.8 Å². The van der Waals surface area contributed by atoms with Crippen molar-refractivity contribution in [2.75, 3.05) is 0 Å². The molecule has 3 aromatic carbocycles. The summed E-state index contributed by atoms with van der Waals surface area (Å²) in [5.74, 6) is 0.141. The third-order valence-electron chi connectivity index (χ3n) is 4.92. The van der Waals surface area contributed by atoms with Gasteiger partial charge in [-0.05, 0) is 69.7 Å². The number of H-pyrrole nitrogens is 1. The van der Waals surface area contributed by atoms with Gasteiger partial charge in [-0.2, -0.15) is 8.42 Å². The number of rotatable bonds is 5. The first-order valence-corrected chi connectivity index (χ1v) is 11.5. The Balaban J connectivity index is 1.77. The largest absolute Gasteiger partial charge is 0.423 e. The molecule has 1 N–H and O–H groups in total. The number of hydrogen-bond donors (Lipinski definition) is 1. The van der Waals surface area contributed by atoms with Crippen LogP contribution in [0.3, 0.4) is 0 Å². The van der Waals surface area contributed by atoms with Gasteiger partial charge in [0.05, 0.1) is 11.0 Å². The molecular weight excluding hydrogens is 426 g/mol. The normalized spacial score (nSPS) is 11.5. The molecule has 164 valence electrons. The van der Waals surface area contributed by atoms with Crippen LogP contribution in [-0.4, -0.2) is 19.4 Å². The van der Waals surface area contributed by atoms with Crippen molar-refractivity contribution in [1.29, 1.82) is 0 Å². The standard InChI is InChI=1S/C25H23NO5S/c1-15(2)11-24(27)30-18-7-10-20-21-12-17(4)13-23(25(21)26-22(20)14-18)31-32(28,29)19-8-5-16(3)6-9-19/h5-14,26H,1-4H3. The van der Waals surface area contributed by atoms with Crippen molar-refractivity contribution in [1.82, 2.24) is 4.98 Å². The number of esters is 1. The molecular formula is C25H23NO5S. The van der Waals surface area contributed by atoms with Crippen LogP contribution in [0.1, 0.15) is 25.0 Å². The first kappa shape index (κ1) is 21.6. The van der Waals surface area contributed by atoms with Crippen LogP contribution in [0.5, 0.6) is 11.5 Å². The summed E-state index contributed by atoms with van der Waals surface area (Å²) in [6, 6.07) is 15.4. The predicted molar refractivity (Wildman–Crippen MR) is 125 cm³/mol. The summed E-state index contributed by atoms with van der Waals surface area (Å²) in [5.41, 5.74) is 3.90. The van der Waals surface area contributed by atoms with E-state index in [1.165, 1.54) is 18.2 Å². The summed E-state index contributed by atoms with van der Waals surface area (Å²) in [6.45, 7) is 7.39. The number of benzene rings is 3. The van der Waals surface area contributed by atoms with Crippen LogP contribution in [0.25, 0.3) is 21.8 Å². The van der Waals surface area contributed by atoms with Gasteiger partial charge in [-0.3, -0.25) is 0 Å². The molecule has 0 spiro atoms. The average molecular weight is 450 g/mol. The van der Waals surface area contributed by atoms with Gasteiger partial charge in [0.2, 0.25) is 0 Å². The number of carbonyl (C=O) groups is 1. The van der Waals surface area contributed by atoms with Crippen molar-refractivity contribution in [3.8, 4) is 11.5 Å². The molecule has 0 aliphatic rings. The lowest BCUT2D eigenvalue weighted by Crippen LogP contribution is -2.10. The molecule has 4 rings (SSSR count). The molecule has 6 nitrogen and oxygen atoms in total. The molecule has 0 unspecified atom stereocenters. The smallest absolute Gasteiger partial charge is 0.339 e. The number of aromatic amines is 1.